The largest absolute Gasteiger partial charge is 0.381 e. The highest BCUT2D eigenvalue weighted by molar-refractivity contribution is 8.13. The lowest BCUT2D eigenvalue weighted by Gasteiger charge is -2.42. The van der Waals surface area contributed by atoms with Crippen LogP contribution >= 0.6 is 23.5 Å². The van der Waals surface area contributed by atoms with Crippen molar-refractivity contribution in [1.82, 2.24) is 19.9 Å². The predicted molar refractivity (Wildman–Crippen MR) is 135 cm³/mol. The van der Waals surface area contributed by atoms with E-state index in [0.29, 0.717) is 15.9 Å². The molecule has 6 N–H and O–H groups in total. The molecule has 0 amide bonds. The Morgan fingerprint density at radius 1 is 1.15 bits per heavy atom. The lowest BCUT2D eigenvalue weighted by Crippen LogP contribution is -2.44. The molecule has 34 heavy (non-hydrogen) atoms. The normalized spacial score (nSPS) is 18.8. The van der Waals surface area contributed by atoms with Crippen LogP contribution < -0.4 is 22.1 Å². The number of hydrogen-bond acceptors (Lipinski definition) is 11. The Bertz CT molecular complexity index is 1250. The highest BCUT2D eigenvalue weighted by Crippen LogP contribution is 2.51. The average Bonchev–Trinajstić information content (AvgIpc) is 3.06. The van der Waals surface area contributed by atoms with Crippen molar-refractivity contribution in [3.63, 3.8) is 0 Å². The molecule has 0 radical (unpaired) electrons. The Labute approximate surface area is 206 Å². The van der Waals surface area contributed by atoms with Crippen LogP contribution in [0.2, 0.25) is 0 Å². The van der Waals surface area contributed by atoms with E-state index in [2.05, 4.69) is 37.0 Å². The maximum Gasteiger partial charge on any atom is 0.221 e. The van der Waals surface area contributed by atoms with Crippen LogP contribution in [0.3, 0.4) is 0 Å². The van der Waals surface area contributed by atoms with Gasteiger partial charge in [0.25, 0.3) is 0 Å². The number of carbonyl (C=O) groups excluding carboxylic acids is 1. The van der Waals surface area contributed by atoms with Crippen LogP contribution in [-0.4, -0.2) is 38.1 Å². The number of carbonyl (C=O) groups is 1. The van der Waals surface area contributed by atoms with E-state index in [0.717, 1.165) is 43.1 Å². The minimum absolute atomic E-state index is 0.0278. The smallest absolute Gasteiger partial charge is 0.221 e. The zero-order chi connectivity index (χ0) is 23.9. The molecule has 9 nitrogen and oxygen atoms in total. The molecule has 1 atom stereocenters. The Morgan fingerprint density at radius 2 is 1.94 bits per heavy atom. The molecule has 2 aliphatic rings. The summed E-state index contributed by atoms with van der Waals surface area (Å²) >= 11 is 2.57. The van der Waals surface area contributed by atoms with Crippen molar-refractivity contribution in [2.24, 2.45) is 11.1 Å². The highest BCUT2D eigenvalue weighted by Gasteiger charge is 2.46. The number of fused-ring (bicyclic) bond motifs is 1. The number of rotatable bonds is 4. The second-order valence-corrected chi connectivity index (χ2v) is 11.0. The fourth-order valence-corrected chi connectivity index (χ4v) is 6.24. The summed E-state index contributed by atoms with van der Waals surface area (Å²) in [4.78, 5) is 31.9. The molecule has 176 valence electrons. The molecule has 1 spiro atoms. The van der Waals surface area contributed by atoms with Crippen LogP contribution in [0.5, 0.6) is 0 Å². The Kier molecular flexibility index (Phi) is 6.09. The molecular formula is C23H26N8OS2. The van der Waals surface area contributed by atoms with Gasteiger partial charge in [-0.25, -0.2) is 19.9 Å². The van der Waals surface area contributed by atoms with E-state index < -0.39 is 0 Å². The fraction of sp³-hybridized carbons (Fsp3) is 0.348. The first-order valence-corrected chi connectivity index (χ1v) is 12.7. The zero-order valence-corrected chi connectivity index (χ0v) is 20.4. The van der Waals surface area contributed by atoms with Gasteiger partial charge in [-0.1, -0.05) is 17.8 Å². The van der Waals surface area contributed by atoms with Gasteiger partial charge in [0, 0.05) is 37.1 Å². The lowest BCUT2D eigenvalue weighted by molar-refractivity contribution is -0.109. The molecule has 1 fully saturated rings. The van der Waals surface area contributed by atoms with Crippen LogP contribution in [0.1, 0.15) is 36.9 Å². The van der Waals surface area contributed by atoms with Crippen molar-refractivity contribution in [1.29, 1.82) is 0 Å². The summed E-state index contributed by atoms with van der Waals surface area (Å²) in [6, 6.07) is 7.98. The molecule has 0 unspecified atom stereocenters. The van der Waals surface area contributed by atoms with Gasteiger partial charge < -0.3 is 22.1 Å². The van der Waals surface area contributed by atoms with Crippen molar-refractivity contribution in [2.75, 3.05) is 29.5 Å². The fourth-order valence-electron chi connectivity index (χ4n) is 4.87. The standard InChI is InChI=1S/C23H26N8OS2/c1-13(32)33-15-3-2-14-11-23(19(24)16(14)10-15)5-8-31(9-6-23)17-12-28-21(20(25)29-17)34-18-4-7-27-22(26)30-18/h2-4,7,10,12,19H,5-6,8-9,11,24H2,1H3,(H2,25,29)(H2,26,27,30)/t19-/m1/s1. The van der Waals surface area contributed by atoms with Crippen molar-refractivity contribution >= 4 is 46.2 Å². The number of piperidine rings is 1. The first-order chi connectivity index (χ1) is 16.3. The minimum Gasteiger partial charge on any atom is -0.381 e. The van der Waals surface area contributed by atoms with Crippen molar-refractivity contribution in [3.8, 4) is 0 Å². The van der Waals surface area contributed by atoms with E-state index in [1.54, 1.807) is 25.4 Å². The monoisotopic (exact) mass is 494 g/mol. The van der Waals surface area contributed by atoms with E-state index in [4.69, 9.17) is 17.2 Å². The number of nitrogens with two attached hydrogens (primary N) is 3. The molecule has 1 saturated heterocycles. The second-order valence-electron chi connectivity index (χ2n) is 8.73. The molecule has 5 rings (SSSR count). The lowest BCUT2D eigenvalue weighted by atomic mass is 9.73. The quantitative estimate of drug-likeness (QED) is 0.362. The van der Waals surface area contributed by atoms with Gasteiger partial charge in [0.2, 0.25) is 5.95 Å². The van der Waals surface area contributed by atoms with Crippen LogP contribution in [-0.2, 0) is 11.2 Å². The zero-order valence-electron chi connectivity index (χ0n) is 18.8. The maximum absolute atomic E-state index is 11.5. The first kappa shape index (κ1) is 22.9. The summed E-state index contributed by atoms with van der Waals surface area (Å²) < 4.78 is 0. The minimum atomic E-state index is -0.0348. The van der Waals surface area contributed by atoms with Gasteiger partial charge in [-0.05, 0) is 65.8 Å². The molecule has 2 aromatic heterocycles. The van der Waals surface area contributed by atoms with Gasteiger partial charge in [0.15, 0.2) is 10.9 Å². The van der Waals surface area contributed by atoms with E-state index in [1.807, 2.05) is 6.07 Å². The Hall–Kier alpha value is -2.89. The average molecular weight is 495 g/mol. The number of thioether (sulfide) groups is 1. The van der Waals surface area contributed by atoms with E-state index >= 15 is 0 Å². The summed E-state index contributed by atoms with van der Waals surface area (Å²) in [5.41, 5.74) is 21.2. The highest BCUT2D eigenvalue weighted by atomic mass is 32.2. The first-order valence-electron chi connectivity index (χ1n) is 11.0. The summed E-state index contributed by atoms with van der Waals surface area (Å²) in [6.07, 6.45) is 6.23. The second kappa shape index (κ2) is 9.05. The molecular weight excluding hydrogens is 468 g/mol. The van der Waals surface area contributed by atoms with E-state index in [9.17, 15) is 4.79 Å². The van der Waals surface area contributed by atoms with Gasteiger partial charge in [0.1, 0.15) is 15.9 Å². The van der Waals surface area contributed by atoms with Crippen LogP contribution in [0.15, 0.2) is 51.6 Å². The predicted octanol–water partition coefficient (Wildman–Crippen LogP) is 3.06. The number of anilines is 3. The molecule has 0 saturated carbocycles. The maximum atomic E-state index is 11.5. The number of hydrogen-bond donors (Lipinski definition) is 3. The van der Waals surface area contributed by atoms with Gasteiger partial charge in [-0.15, -0.1) is 0 Å². The van der Waals surface area contributed by atoms with Gasteiger partial charge >= 0.3 is 0 Å². The van der Waals surface area contributed by atoms with Crippen LogP contribution in [0.25, 0.3) is 0 Å². The number of nitrogen functional groups attached to an aromatic ring is 2. The third-order valence-electron chi connectivity index (χ3n) is 6.60. The third-order valence-corrected chi connectivity index (χ3v) is 8.32. The van der Waals surface area contributed by atoms with Crippen LogP contribution in [0, 0.1) is 5.41 Å². The van der Waals surface area contributed by atoms with Crippen LogP contribution in [0.4, 0.5) is 17.6 Å². The van der Waals surface area contributed by atoms with E-state index in [-0.39, 0.29) is 22.5 Å². The molecule has 0 bridgehead atoms. The van der Waals surface area contributed by atoms with E-state index in [1.165, 1.54) is 34.7 Å². The summed E-state index contributed by atoms with van der Waals surface area (Å²) in [6.45, 7) is 3.25. The Balaban J connectivity index is 1.27. The number of nitrogens with zero attached hydrogens (tertiary/aromatic N) is 5. The molecule has 1 aromatic carbocycles. The van der Waals surface area contributed by atoms with Gasteiger partial charge in [-0.2, -0.15) is 0 Å². The van der Waals surface area contributed by atoms with Crippen molar-refractivity contribution < 1.29 is 4.79 Å². The number of aromatic nitrogens is 4. The molecule has 3 heterocycles. The SMILES string of the molecule is CC(=O)Sc1ccc2c(c1)[C@@H](N)C1(CCN(c3cnc(Sc4ccnc(N)n4)c(N)n3)CC1)C2. The summed E-state index contributed by atoms with van der Waals surface area (Å²) in [5, 5.41) is 1.34. The van der Waals surface area contributed by atoms with Crippen molar-refractivity contribution in [2.45, 2.75) is 47.2 Å². The third kappa shape index (κ3) is 4.42. The molecule has 3 aromatic rings. The van der Waals surface area contributed by atoms with Gasteiger partial charge in [0.05, 0.1) is 6.20 Å². The molecule has 11 heteroatoms. The summed E-state index contributed by atoms with van der Waals surface area (Å²) in [7, 11) is 0. The summed E-state index contributed by atoms with van der Waals surface area (Å²) in [5.74, 6) is 1.33. The Morgan fingerprint density at radius 3 is 2.65 bits per heavy atom. The van der Waals surface area contributed by atoms with Crippen molar-refractivity contribution in [3.05, 3.63) is 47.8 Å². The topological polar surface area (TPSA) is 150 Å². The molecule has 1 aliphatic carbocycles. The number of benzene rings is 1. The molecule has 1 aliphatic heterocycles. The van der Waals surface area contributed by atoms with Gasteiger partial charge in [-0.3, -0.25) is 4.79 Å².